The molecule has 0 saturated carbocycles. The first-order valence-corrected chi connectivity index (χ1v) is 8.51. The number of hydrogen-bond acceptors (Lipinski definition) is 5. The predicted octanol–water partition coefficient (Wildman–Crippen LogP) is 0.647. The van der Waals surface area contributed by atoms with Gasteiger partial charge in [-0.1, -0.05) is 6.07 Å². The highest BCUT2D eigenvalue weighted by Crippen LogP contribution is 2.44. The van der Waals surface area contributed by atoms with Crippen LogP contribution in [0, 0.1) is 0 Å². The van der Waals surface area contributed by atoms with E-state index in [1.54, 1.807) is 30.7 Å². The van der Waals surface area contributed by atoms with Gasteiger partial charge in [0.05, 0.1) is 11.1 Å². The fourth-order valence-electron chi connectivity index (χ4n) is 3.77. The van der Waals surface area contributed by atoms with Crippen LogP contribution in [0.2, 0.25) is 0 Å². The summed E-state index contributed by atoms with van der Waals surface area (Å²) in [7, 11) is 0. The summed E-state index contributed by atoms with van der Waals surface area (Å²) in [4.78, 5) is 37.4. The minimum atomic E-state index is -0.158. The number of pyridine rings is 1. The van der Waals surface area contributed by atoms with Gasteiger partial charge in [-0.2, -0.15) is 0 Å². The Morgan fingerprint density at radius 2 is 1.96 bits per heavy atom. The predicted molar refractivity (Wildman–Crippen MR) is 93.5 cm³/mol. The van der Waals surface area contributed by atoms with E-state index in [0.29, 0.717) is 19.1 Å². The van der Waals surface area contributed by atoms with Crippen molar-refractivity contribution in [3.63, 3.8) is 0 Å². The molecule has 0 aliphatic carbocycles. The average molecular weight is 339 g/mol. The highest BCUT2D eigenvalue weighted by molar-refractivity contribution is 5.78. The number of rotatable bonds is 3. The minimum Gasteiger partial charge on any atom is -0.352 e. The molecule has 7 nitrogen and oxygen atoms in total. The second-order valence-corrected chi connectivity index (χ2v) is 7.15. The van der Waals surface area contributed by atoms with E-state index in [1.165, 1.54) is 10.6 Å². The van der Waals surface area contributed by atoms with E-state index in [2.05, 4.69) is 28.7 Å². The number of nitrogens with zero attached hydrogens (tertiary/aromatic N) is 5. The van der Waals surface area contributed by atoms with Gasteiger partial charge >= 0.3 is 0 Å². The lowest BCUT2D eigenvalue weighted by Gasteiger charge is -2.47. The summed E-state index contributed by atoms with van der Waals surface area (Å²) in [6.45, 7) is 6.45. The Labute approximate surface area is 145 Å². The van der Waals surface area contributed by atoms with Crippen molar-refractivity contribution >= 4 is 11.7 Å². The summed E-state index contributed by atoms with van der Waals surface area (Å²) >= 11 is 0. The Morgan fingerprint density at radius 3 is 2.68 bits per heavy atom. The highest BCUT2D eigenvalue weighted by atomic mass is 16.2. The topological polar surface area (TPSA) is 71.3 Å². The molecule has 1 spiro atoms. The van der Waals surface area contributed by atoms with Crippen molar-refractivity contribution in [1.82, 2.24) is 19.4 Å². The highest BCUT2D eigenvalue weighted by Gasteiger charge is 2.54. The number of carbonyl (C=O) groups excluding carboxylic acids is 1. The van der Waals surface area contributed by atoms with Crippen LogP contribution in [0.5, 0.6) is 0 Å². The van der Waals surface area contributed by atoms with Crippen molar-refractivity contribution < 1.29 is 4.79 Å². The van der Waals surface area contributed by atoms with Crippen LogP contribution in [0.3, 0.4) is 0 Å². The van der Waals surface area contributed by atoms with Crippen LogP contribution in [-0.2, 0) is 16.8 Å². The molecular weight excluding hydrogens is 318 g/mol. The zero-order valence-electron chi connectivity index (χ0n) is 14.4. The fraction of sp³-hybridized carbons (Fsp3) is 0.444. The van der Waals surface area contributed by atoms with Crippen molar-refractivity contribution in [3.8, 4) is 0 Å². The van der Waals surface area contributed by atoms with Gasteiger partial charge in [0.1, 0.15) is 6.54 Å². The maximum absolute atomic E-state index is 12.5. The molecule has 0 atom stereocenters. The molecule has 2 aliphatic rings. The Morgan fingerprint density at radius 1 is 1.20 bits per heavy atom. The summed E-state index contributed by atoms with van der Waals surface area (Å²) < 4.78 is 1.44. The largest absolute Gasteiger partial charge is 0.352 e. The second kappa shape index (κ2) is 5.68. The van der Waals surface area contributed by atoms with E-state index in [-0.39, 0.29) is 23.4 Å². The van der Waals surface area contributed by atoms with E-state index in [9.17, 15) is 9.59 Å². The maximum atomic E-state index is 12.5. The number of amides is 1. The zero-order valence-corrected chi connectivity index (χ0v) is 14.4. The van der Waals surface area contributed by atoms with Crippen LogP contribution in [0.15, 0.2) is 41.6 Å². The Bertz CT molecular complexity index is 870. The summed E-state index contributed by atoms with van der Waals surface area (Å²) in [6.07, 6.45) is 5.09. The summed E-state index contributed by atoms with van der Waals surface area (Å²) in [5.74, 6) is 0.899. The molecule has 0 aromatic carbocycles. The average Bonchev–Trinajstić information content (AvgIpc) is 2.91. The molecule has 1 saturated heterocycles. The van der Waals surface area contributed by atoms with Gasteiger partial charge in [0.25, 0.3) is 5.56 Å². The number of hydrogen-bond donors (Lipinski definition) is 0. The van der Waals surface area contributed by atoms with Gasteiger partial charge < -0.3 is 14.4 Å². The minimum absolute atomic E-state index is 0.0348. The van der Waals surface area contributed by atoms with Crippen LogP contribution in [0.25, 0.3) is 0 Å². The number of likely N-dealkylation sites (tertiary alicyclic amines) is 1. The lowest BCUT2D eigenvalue weighted by molar-refractivity contribution is -0.139. The van der Waals surface area contributed by atoms with Crippen molar-refractivity contribution in [2.75, 3.05) is 24.5 Å². The van der Waals surface area contributed by atoms with Crippen molar-refractivity contribution in [2.24, 2.45) is 0 Å². The van der Waals surface area contributed by atoms with Gasteiger partial charge in [-0.15, -0.1) is 0 Å². The molecular formula is C18H21N5O2. The van der Waals surface area contributed by atoms with Gasteiger partial charge in [-0.3, -0.25) is 14.6 Å². The van der Waals surface area contributed by atoms with E-state index in [0.717, 1.165) is 18.1 Å². The van der Waals surface area contributed by atoms with Crippen LogP contribution >= 0.6 is 0 Å². The summed E-state index contributed by atoms with van der Waals surface area (Å²) in [5, 5.41) is 0. The molecule has 2 aromatic heterocycles. The lowest BCUT2D eigenvalue weighted by Crippen LogP contribution is -2.64. The van der Waals surface area contributed by atoms with Crippen LogP contribution in [0.4, 0.5) is 5.82 Å². The fourth-order valence-corrected chi connectivity index (χ4v) is 3.77. The first kappa shape index (κ1) is 15.8. The molecule has 1 fully saturated rings. The van der Waals surface area contributed by atoms with Crippen LogP contribution in [0.1, 0.15) is 19.5 Å². The molecule has 1 amide bonds. The molecule has 0 bridgehead atoms. The molecule has 7 heteroatoms. The molecule has 130 valence electrons. The molecule has 0 radical (unpaired) electrons. The van der Waals surface area contributed by atoms with Gasteiger partial charge in [0.2, 0.25) is 5.91 Å². The maximum Gasteiger partial charge on any atom is 0.250 e. The summed E-state index contributed by atoms with van der Waals surface area (Å²) in [6, 6.07) is 5.24. The molecule has 4 heterocycles. The monoisotopic (exact) mass is 339 g/mol. The first-order valence-electron chi connectivity index (χ1n) is 8.51. The SMILES string of the molecule is CC(C)N1CC2(CN(C(=O)Cn3ccccc3=O)C2)c2nccnc21. The second-order valence-electron chi connectivity index (χ2n) is 7.15. The lowest BCUT2D eigenvalue weighted by atomic mass is 9.78. The molecule has 2 aromatic rings. The van der Waals surface area contributed by atoms with Crippen molar-refractivity contribution in [2.45, 2.75) is 31.8 Å². The van der Waals surface area contributed by atoms with Gasteiger partial charge in [0, 0.05) is 50.3 Å². The number of carbonyl (C=O) groups is 1. The third-order valence-corrected chi connectivity index (χ3v) is 5.09. The van der Waals surface area contributed by atoms with E-state index < -0.39 is 0 Å². The standard InChI is InChI=1S/C18H21N5O2/c1-13(2)23-12-18(16-17(23)20-7-6-19-16)10-22(11-18)15(25)9-21-8-4-3-5-14(21)24/h3-8,13H,9-12H2,1-2H3. The van der Waals surface area contributed by atoms with E-state index in [1.807, 2.05) is 4.90 Å². The summed E-state index contributed by atoms with van der Waals surface area (Å²) in [5.41, 5.74) is 0.698. The number of fused-ring (bicyclic) bond motifs is 2. The Balaban J connectivity index is 1.51. The van der Waals surface area contributed by atoms with Crippen molar-refractivity contribution in [1.29, 1.82) is 0 Å². The third kappa shape index (κ3) is 2.50. The molecule has 0 unspecified atom stereocenters. The van der Waals surface area contributed by atoms with Gasteiger partial charge in [-0.05, 0) is 19.9 Å². The molecule has 25 heavy (non-hydrogen) atoms. The molecule has 0 N–H and O–H groups in total. The Kier molecular flexibility index (Phi) is 3.59. The third-order valence-electron chi connectivity index (χ3n) is 5.09. The van der Waals surface area contributed by atoms with E-state index in [4.69, 9.17) is 0 Å². The number of anilines is 1. The smallest absolute Gasteiger partial charge is 0.250 e. The van der Waals surface area contributed by atoms with Crippen LogP contribution < -0.4 is 10.5 Å². The molecule has 2 aliphatic heterocycles. The van der Waals surface area contributed by atoms with Gasteiger partial charge in [-0.25, -0.2) is 4.98 Å². The van der Waals surface area contributed by atoms with Crippen molar-refractivity contribution in [3.05, 3.63) is 52.8 Å². The first-order chi connectivity index (χ1) is 12.0. The number of aromatic nitrogens is 3. The normalized spacial score (nSPS) is 17.7. The van der Waals surface area contributed by atoms with Crippen LogP contribution in [-0.4, -0.2) is 51.0 Å². The van der Waals surface area contributed by atoms with E-state index >= 15 is 0 Å². The molecule has 4 rings (SSSR count). The zero-order chi connectivity index (χ0) is 17.6. The Hall–Kier alpha value is -2.70. The van der Waals surface area contributed by atoms with Gasteiger partial charge in [0.15, 0.2) is 5.82 Å². The quantitative estimate of drug-likeness (QED) is 0.821.